The highest BCUT2D eigenvalue weighted by Gasteiger charge is 2.20. The summed E-state index contributed by atoms with van der Waals surface area (Å²) < 4.78 is 1.22. The molecule has 0 radical (unpaired) electrons. The summed E-state index contributed by atoms with van der Waals surface area (Å²) in [4.78, 5) is 0. The average Bonchev–Trinajstić information content (AvgIpc) is 2.34. The topological polar surface area (TPSA) is 12.0 Å². The lowest BCUT2D eigenvalue weighted by atomic mass is 9.84. The van der Waals surface area contributed by atoms with Crippen molar-refractivity contribution in [3.8, 4) is 0 Å². The van der Waals surface area contributed by atoms with Gasteiger partial charge in [-0.2, -0.15) is 0 Å². The SMILES string of the molecule is CCC1CCC(Nc2ccc(Cl)cc2I)CC1. The number of halogens is 2. The van der Waals surface area contributed by atoms with E-state index >= 15 is 0 Å². The highest BCUT2D eigenvalue weighted by molar-refractivity contribution is 14.1. The molecule has 3 heteroatoms. The average molecular weight is 364 g/mol. The van der Waals surface area contributed by atoms with Crippen molar-refractivity contribution in [3.05, 3.63) is 26.8 Å². The maximum Gasteiger partial charge on any atom is 0.0479 e. The van der Waals surface area contributed by atoms with Crippen molar-refractivity contribution in [3.63, 3.8) is 0 Å². The molecule has 0 unspecified atom stereocenters. The fourth-order valence-corrected chi connectivity index (χ4v) is 3.57. The van der Waals surface area contributed by atoms with Crippen LogP contribution in [0.4, 0.5) is 5.69 Å². The molecule has 1 aromatic rings. The standard InChI is InChI=1S/C14H19ClIN/c1-2-10-3-6-12(7-4-10)17-14-8-5-11(15)9-13(14)16/h5,8-10,12,17H,2-4,6-7H2,1H3. The molecule has 17 heavy (non-hydrogen) atoms. The van der Waals surface area contributed by atoms with Gasteiger partial charge in [-0.05, 0) is 72.4 Å². The van der Waals surface area contributed by atoms with E-state index in [-0.39, 0.29) is 0 Å². The van der Waals surface area contributed by atoms with Crippen LogP contribution in [0.5, 0.6) is 0 Å². The number of anilines is 1. The molecule has 1 aromatic carbocycles. The molecule has 2 rings (SSSR count). The first-order valence-electron chi connectivity index (χ1n) is 6.40. The molecule has 0 aliphatic heterocycles. The lowest BCUT2D eigenvalue weighted by Gasteiger charge is -2.29. The molecule has 0 aromatic heterocycles. The van der Waals surface area contributed by atoms with Gasteiger partial charge in [0.05, 0.1) is 0 Å². The molecule has 0 spiro atoms. The Bertz CT molecular complexity index is 372. The first kappa shape index (κ1) is 13.5. The third-order valence-corrected chi connectivity index (χ3v) is 4.84. The summed E-state index contributed by atoms with van der Waals surface area (Å²) in [5.74, 6) is 0.956. The Hall–Kier alpha value is 0.0400. The van der Waals surface area contributed by atoms with Gasteiger partial charge in [0.15, 0.2) is 0 Å². The van der Waals surface area contributed by atoms with E-state index in [1.807, 2.05) is 12.1 Å². The van der Waals surface area contributed by atoms with Gasteiger partial charge in [0.1, 0.15) is 0 Å². The minimum atomic E-state index is 0.646. The van der Waals surface area contributed by atoms with Gasteiger partial charge in [0.2, 0.25) is 0 Å². The molecule has 1 aliphatic rings. The van der Waals surface area contributed by atoms with Gasteiger partial charge in [-0.3, -0.25) is 0 Å². The Balaban J connectivity index is 1.93. The van der Waals surface area contributed by atoms with Gasteiger partial charge in [0, 0.05) is 20.3 Å². The van der Waals surface area contributed by atoms with Crippen LogP contribution in [0.15, 0.2) is 18.2 Å². The molecule has 94 valence electrons. The Kier molecular flexibility index (Phi) is 4.97. The summed E-state index contributed by atoms with van der Waals surface area (Å²) in [6.07, 6.45) is 6.69. The summed E-state index contributed by atoms with van der Waals surface area (Å²) in [6, 6.07) is 6.72. The quantitative estimate of drug-likeness (QED) is 0.716. The van der Waals surface area contributed by atoms with Crippen molar-refractivity contribution < 1.29 is 0 Å². The number of hydrogen-bond acceptors (Lipinski definition) is 1. The van der Waals surface area contributed by atoms with Crippen LogP contribution in [0.2, 0.25) is 5.02 Å². The fraction of sp³-hybridized carbons (Fsp3) is 0.571. The van der Waals surface area contributed by atoms with Crippen molar-refractivity contribution in [2.75, 3.05) is 5.32 Å². The zero-order chi connectivity index (χ0) is 12.3. The van der Waals surface area contributed by atoms with Gasteiger partial charge in [0.25, 0.3) is 0 Å². The smallest absolute Gasteiger partial charge is 0.0479 e. The highest BCUT2D eigenvalue weighted by atomic mass is 127. The van der Waals surface area contributed by atoms with Crippen LogP contribution in [0.1, 0.15) is 39.0 Å². The minimum Gasteiger partial charge on any atom is -0.381 e. The van der Waals surface area contributed by atoms with Crippen molar-refractivity contribution in [2.45, 2.75) is 45.1 Å². The van der Waals surface area contributed by atoms with E-state index in [1.165, 1.54) is 41.4 Å². The zero-order valence-corrected chi connectivity index (χ0v) is 13.1. The molecule has 0 heterocycles. The second-order valence-electron chi connectivity index (χ2n) is 4.89. The number of benzene rings is 1. The normalized spacial score (nSPS) is 24.6. The number of rotatable bonds is 3. The van der Waals surface area contributed by atoms with Crippen molar-refractivity contribution in [1.29, 1.82) is 0 Å². The number of nitrogens with one attached hydrogen (secondary N) is 1. The minimum absolute atomic E-state index is 0.646. The summed E-state index contributed by atoms with van der Waals surface area (Å²) in [5, 5.41) is 4.47. The van der Waals surface area contributed by atoms with Gasteiger partial charge in [-0.25, -0.2) is 0 Å². The van der Waals surface area contributed by atoms with Crippen molar-refractivity contribution in [2.24, 2.45) is 5.92 Å². The maximum absolute atomic E-state index is 5.97. The van der Waals surface area contributed by atoms with Crippen LogP contribution in [-0.2, 0) is 0 Å². The van der Waals surface area contributed by atoms with Gasteiger partial charge in [-0.1, -0.05) is 24.9 Å². The molecule has 1 fully saturated rings. The Morgan fingerprint density at radius 1 is 1.29 bits per heavy atom. The molecule has 1 N–H and O–H groups in total. The molecular weight excluding hydrogens is 345 g/mol. The molecule has 0 bridgehead atoms. The van der Waals surface area contributed by atoms with Crippen molar-refractivity contribution in [1.82, 2.24) is 0 Å². The fourth-order valence-electron chi connectivity index (χ4n) is 2.54. The van der Waals surface area contributed by atoms with Crippen LogP contribution in [0.3, 0.4) is 0 Å². The first-order chi connectivity index (χ1) is 8.19. The van der Waals surface area contributed by atoms with E-state index in [0.717, 1.165) is 10.9 Å². The molecule has 0 saturated heterocycles. The van der Waals surface area contributed by atoms with Gasteiger partial charge in [-0.15, -0.1) is 0 Å². The van der Waals surface area contributed by atoms with Crippen LogP contribution < -0.4 is 5.32 Å². The summed E-state index contributed by atoms with van der Waals surface area (Å²) in [5.41, 5.74) is 1.23. The highest BCUT2D eigenvalue weighted by Crippen LogP contribution is 2.30. The summed E-state index contributed by atoms with van der Waals surface area (Å²) in [6.45, 7) is 2.31. The number of hydrogen-bond donors (Lipinski definition) is 1. The molecule has 0 atom stereocenters. The predicted molar refractivity (Wildman–Crippen MR) is 83.8 cm³/mol. The lowest BCUT2D eigenvalue weighted by Crippen LogP contribution is -2.26. The van der Waals surface area contributed by atoms with E-state index in [1.54, 1.807) is 0 Å². The Labute approximate surface area is 122 Å². The van der Waals surface area contributed by atoms with Crippen LogP contribution in [0, 0.1) is 9.49 Å². The van der Waals surface area contributed by atoms with E-state index in [4.69, 9.17) is 11.6 Å². The van der Waals surface area contributed by atoms with E-state index in [0.29, 0.717) is 6.04 Å². The van der Waals surface area contributed by atoms with E-state index in [9.17, 15) is 0 Å². The molecule has 0 amide bonds. The molecular formula is C14H19ClIN. The van der Waals surface area contributed by atoms with E-state index in [2.05, 4.69) is 40.9 Å². The van der Waals surface area contributed by atoms with Gasteiger partial charge >= 0.3 is 0 Å². The predicted octanol–water partition coefficient (Wildman–Crippen LogP) is 5.33. The second-order valence-corrected chi connectivity index (χ2v) is 6.49. The Morgan fingerprint density at radius 2 is 2.00 bits per heavy atom. The molecule has 1 nitrogen and oxygen atoms in total. The molecule has 1 aliphatic carbocycles. The molecule has 1 saturated carbocycles. The first-order valence-corrected chi connectivity index (χ1v) is 7.86. The van der Waals surface area contributed by atoms with E-state index < -0.39 is 0 Å². The van der Waals surface area contributed by atoms with Crippen LogP contribution in [-0.4, -0.2) is 6.04 Å². The monoisotopic (exact) mass is 363 g/mol. The maximum atomic E-state index is 5.97. The largest absolute Gasteiger partial charge is 0.381 e. The Morgan fingerprint density at radius 3 is 2.59 bits per heavy atom. The third kappa shape index (κ3) is 3.75. The van der Waals surface area contributed by atoms with Gasteiger partial charge < -0.3 is 5.32 Å². The lowest BCUT2D eigenvalue weighted by molar-refractivity contribution is 0.330. The summed E-state index contributed by atoms with van der Waals surface area (Å²) in [7, 11) is 0. The zero-order valence-electron chi connectivity index (χ0n) is 10.2. The third-order valence-electron chi connectivity index (χ3n) is 3.71. The van der Waals surface area contributed by atoms with Crippen LogP contribution in [0.25, 0.3) is 0 Å². The van der Waals surface area contributed by atoms with Crippen molar-refractivity contribution >= 4 is 39.9 Å². The second kappa shape index (κ2) is 6.28. The van der Waals surface area contributed by atoms with Crippen LogP contribution >= 0.6 is 34.2 Å². The summed E-state index contributed by atoms with van der Waals surface area (Å²) >= 11 is 8.31.